The van der Waals surface area contributed by atoms with Crippen LogP contribution in [0.25, 0.3) is 0 Å². The monoisotopic (exact) mass is 440 g/mol. The molecular formula is C16H16Cl4N2O4. The van der Waals surface area contributed by atoms with Crippen molar-refractivity contribution >= 4 is 64.1 Å². The number of ether oxygens (including phenoxy) is 1. The minimum atomic E-state index is -0.742. The van der Waals surface area contributed by atoms with E-state index < -0.39 is 24.3 Å². The minimum absolute atomic E-state index is 0.109. The van der Waals surface area contributed by atoms with Gasteiger partial charge in [0.1, 0.15) is 6.54 Å². The Labute approximate surface area is 170 Å². The number of amides is 3. The van der Waals surface area contributed by atoms with Gasteiger partial charge in [-0.1, -0.05) is 46.4 Å². The third-order valence-corrected chi connectivity index (χ3v) is 5.38. The lowest BCUT2D eigenvalue weighted by atomic mass is 10.1. The summed E-state index contributed by atoms with van der Waals surface area (Å²) in [4.78, 5) is 37.8. The number of hydrogen-bond donors (Lipinski definition) is 1. The zero-order valence-electron chi connectivity index (χ0n) is 14.0. The lowest BCUT2D eigenvalue weighted by Crippen LogP contribution is -2.40. The Balaban J connectivity index is 2.05. The SMILES string of the molecule is CC(C)OCCCNC(=O)CN1C(=O)c2c(Cl)c(Cl)c(Cl)c(Cl)c2C1=O. The quantitative estimate of drug-likeness (QED) is 0.302. The number of imide groups is 1. The Morgan fingerprint density at radius 2 is 1.50 bits per heavy atom. The van der Waals surface area contributed by atoms with E-state index in [4.69, 9.17) is 51.1 Å². The summed E-state index contributed by atoms with van der Waals surface area (Å²) in [5.41, 5.74) is -0.289. The molecular weight excluding hydrogens is 426 g/mol. The Morgan fingerprint density at radius 3 is 1.96 bits per heavy atom. The summed E-state index contributed by atoms with van der Waals surface area (Å²) in [7, 11) is 0. The van der Waals surface area contributed by atoms with Crippen LogP contribution in [0.4, 0.5) is 0 Å². The van der Waals surface area contributed by atoms with Gasteiger partial charge in [-0.25, -0.2) is 0 Å². The number of nitrogens with one attached hydrogen (secondary N) is 1. The van der Waals surface area contributed by atoms with Gasteiger partial charge >= 0.3 is 0 Å². The van der Waals surface area contributed by atoms with Crippen molar-refractivity contribution < 1.29 is 19.1 Å². The van der Waals surface area contributed by atoms with E-state index in [1.54, 1.807) is 0 Å². The maximum absolute atomic E-state index is 12.5. The van der Waals surface area contributed by atoms with E-state index in [2.05, 4.69) is 5.32 Å². The molecule has 0 spiro atoms. The highest BCUT2D eigenvalue weighted by Gasteiger charge is 2.42. The van der Waals surface area contributed by atoms with Gasteiger partial charge in [0.15, 0.2) is 0 Å². The van der Waals surface area contributed by atoms with E-state index in [1.165, 1.54) is 0 Å². The van der Waals surface area contributed by atoms with Gasteiger partial charge in [-0.15, -0.1) is 0 Å². The molecule has 1 heterocycles. The average Bonchev–Trinajstić information content (AvgIpc) is 2.82. The molecule has 0 unspecified atom stereocenters. The molecule has 1 aromatic carbocycles. The number of halogens is 4. The standard InChI is InChI=1S/C16H16Cl4N2O4/c1-7(2)26-5-3-4-21-8(23)6-22-15(24)9-10(16(22)25)12(18)14(20)13(19)11(9)17/h7H,3-6H2,1-2H3,(H,21,23). The van der Waals surface area contributed by atoms with E-state index in [-0.39, 0.29) is 37.3 Å². The normalized spacial score (nSPS) is 13.6. The maximum Gasteiger partial charge on any atom is 0.263 e. The molecule has 0 radical (unpaired) electrons. The summed E-state index contributed by atoms with van der Waals surface area (Å²) in [6, 6.07) is 0. The fraction of sp³-hybridized carbons (Fsp3) is 0.438. The van der Waals surface area contributed by atoms with Crippen molar-refractivity contribution in [2.75, 3.05) is 19.7 Å². The van der Waals surface area contributed by atoms with Crippen molar-refractivity contribution in [1.82, 2.24) is 10.2 Å². The summed E-state index contributed by atoms with van der Waals surface area (Å²) in [5, 5.41) is 2.06. The molecule has 26 heavy (non-hydrogen) atoms. The molecule has 1 aliphatic heterocycles. The molecule has 1 aromatic rings. The second kappa shape index (κ2) is 8.76. The van der Waals surface area contributed by atoms with Crippen LogP contribution < -0.4 is 5.32 Å². The number of fused-ring (bicyclic) bond motifs is 1. The molecule has 142 valence electrons. The highest BCUT2D eigenvalue weighted by Crippen LogP contribution is 2.44. The molecule has 1 N–H and O–H groups in total. The molecule has 0 aliphatic carbocycles. The van der Waals surface area contributed by atoms with Crippen molar-refractivity contribution in [2.24, 2.45) is 0 Å². The van der Waals surface area contributed by atoms with E-state index in [0.29, 0.717) is 19.6 Å². The van der Waals surface area contributed by atoms with E-state index in [0.717, 1.165) is 4.90 Å². The largest absolute Gasteiger partial charge is 0.379 e. The second-order valence-electron chi connectivity index (χ2n) is 5.83. The van der Waals surface area contributed by atoms with Gasteiger partial charge in [0, 0.05) is 13.2 Å². The number of carbonyl (C=O) groups excluding carboxylic acids is 3. The molecule has 6 nitrogen and oxygen atoms in total. The van der Waals surface area contributed by atoms with Gasteiger partial charge < -0.3 is 10.1 Å². The molecule has 0 saturated heterocycles. The van der Waals surface area contributed by atoms with Gasteiger partial charge in [-0.2, -0.15) is 0 Å². The average molecular weight is 442 g/mol. The molecule has 2 rings (SSSR count). The van der Waals surface area contributed by atoms with Crippen LogP contribution in [0.15, 0.2) is 0 Å². The number of nitrogens with zero attached hydrogens (tertiary/aromatic N) is 1. The molecule has 0 aromatic heterocycles. The fourth-order valence-electron chi connectivity index (χ4n) is 2.36. The number of hydrogen-bond acceptors (Lipinski definition) is 4. The van der Waals surface area contributed by atoms with Gasteiger partial charge in [-0.05, 0) is 20.3 Å². The van der Waals surface area contributed by atoms with Gasteiger partial charge in [0.25, 0.3) is 11.8 Å². The summed E-state index contributed by atoms with van der Waals surface area (Å²) >= 11 is 23.9. The van der Waals surface area contributed by atoms with Crippen LogP contribution >= 0.6 is 46.4 Å². The molecule has 10 heteroatoms. The zero-order valence-corrected chi connectivity index (χ0v) is 17.0. The summed E-state index contributed by atoms with van der Waals surface area (Å²) in [6.45, 7) is 4.21. The first-order valence-corrected chi connectivity index (χ1v) is 9.28. The van der Waals surface area contributed by atoms with Crippen LogP contribution in [0.3, 0.4) is 0 Å². The Bertz CT molecular complexity index is 720. The number of carbonyl (C=O) groups is 3. The topological polar surface area (TPSA) is 75.7 Å². The predicted molar refractivity (Wildman–Crippen MR) is 101 cm³/mol. The molecule has 3 amide bonds. The first-order valence-electron chi connectivity index (χ1n) is 7.77. The highest BCUT2D eigenvalue weighted by molar-refractivity contribution is 6.55. The van der Waals surface area contributed by atoms with Crippen molar-refractivity contribution in [2.45, 2.75) is 26.4 Å². The molecule has 0 fully saturated rings. The molecule has 0 saturated carbocycles. The second-order valence-corrected chi connectivity index (χ2v) is 7.34. The lowest BCUT2D eigenvalue weighted by molar-refractivity contribution is -0.121. The predicted octanol–water partition coefficient (Wildman–Crippen LogP) is 3.83. The summed E-state index contributed by atoms with van der Waals surface area (Å²) in [6.07, 6.45) is 0.715. The van der Waals surface area contributed by atoms with E-state index >= 15 is 0 Å². The lowest BCUT2D eigenvalue weighted by Gasteiger charge is -2.14. The molecule has 1 aliphatic rings. The van der Waals surface area contributed by atoms with Gasteiger partial charge in [0.05, 0.1) is 37.3 Å². The zero-order chi connectivity index (χ0) is 19.6. The summed E-state index contributed by atoms with van der Waals surface area (Å²) in [5.74, 6) is -1.98. The van der Waals surface area contributed by atoms with Crippen molar-refractivity contribution in [3.05, 3.63) is 31.2 Å². The smallest absolute Gasteiger partial charge is 0.263 e. The third kappa shape index (κ3) is 4.26. The number of rotatable bonds is 7. The highest BCUT2D eigenvalue weighted by atomic mass is 35.5. The van der Waals surface area contributed by atoms with Crippen LogP contribution in [-0.4, -0.2) is 48.4 Å². The van der Waals surface area contributed by atoms with Gasteiger partial charge in [0.2, 0.25) is 5.91 Å². The Kier molecular flexibility index (Phi) is 7.16. The van der Waals surface area contributed by atoms with Crippen LogP contribution in [0.2, 0.25) is 20.1 Å². The van der Waals surface area contributed by atoms with Crippen molar-refractivity contribution in [3.63, 3.8) is 0 Å². The van der Waals surface area contributed by atoms with Crippen LogP contribution in [0.1, 0.15) is 41.0 Å². The van der Waals surface area contributed by atoms with Crippen LogP contribution in [0.5, 0.6) is 0 Å². The fourth-order valence-corrected chi connectivity index (χ4v) is 3.37. The number of benzene rings is 1. The Hall–Kier alpha value is -1.05. The van der Waals surface area contributed by atoms with E-state index in [9.17, 15) is 14.4 Å². The first-order chi connectivity index (χ1) is 12.2. The molecule has 0 atom stereocenters. The van der Waals surface area contributed by atoms with Gasteiger partial charge in [-0.3, -0.25) is 19.3 Å². The summed E-state index contributed by atoms with van der Waals surface area (Å²) < 4.78 is 5.36. The van der Waals surface area contributed by atoms with Crippen LogP contribution in [-0.2, 0) is 9.53 Å². The Morgan fingerprint density at radius 1 is 1.00 bits per heavy atom. The minimum Gasteiger partial charge on any atom is -0.379 e. The molecule has 0 bridgehead atoms. The van der Waals surface area contributed by atoms with E-state index in [1.807, 2.05) is 13.8 Å². The van der Waals surface area contributed by atoms with Crippen molar-refractivity contribution in [1.29, 1.82) is 0 Å². The first kappa shape index (κ1) is 21.3. The van der Waals surface area contributed by atoms with Crippen molar-refractivity contribution in [3.8, 4) is 0 Å². The third-order valence-electron chi connectivity index (χ3n) is 3.58. The van der Waals surface area contributed by atoms with Crippen LogP contribution in [0, 0.1) is 0 Å². The maximum atomic E-state index is 12.5.